The number of ketones is 1. The van der Waals surface area contributed by atoms with Crippen molar-refractivity contribution < 1.29 is 14.3 Å². The fourth-order valence-electron chi connectivity index (χ4n) is 6.02. The van der Waals surface area contributed by atoms with Crippen molar-refractivity contribution in [3.8, 4) is 0 Å². The van der Waals surface area contributed by atoms with Gasteiger partial charge in [-0.15, -0.1) is 0 Å². The number of carbonyl (C=O) groups is 2. The van der Waals surface area contributed by atoms with E-state index >= 15 is 0 Å². The minimum Gasteiger partial charge on any atom is -0.469 e. The molecule has 5 rings (SSSR count). The number of hydrogen-bond acceptors (Lipinski definition) is 5. The SMILES string of the molecule is COC(=O)C1C2=Nc3ccccc3[C@]23CCN2C[C@@H](C(C)=O)[C@H]1C[C@@H]23. The summed E-state index contributed by atoms with van der Waals surface area (Å²) in [6.45, 7) is 3.38. The molecule has 1 aromatic carbocycles. The highest BCUT2D eigenvalue weighted by Gasteiger charge is 2.66. The number of benzene rings is 1. The maximum atomic E-state index is 12.8. The first-order chi connectivity index (χ1) is 12.1. The summed E-state index contributed by atoms with van der Waals surface area (Å²) in [6, 6.07) is 8.62. The fourth-order valence-corrected chi connectivity index (χ4v) is 6.02. The lowest BCUT2D eigenvalue weighted by molar-refractivity contribution is -0.148. The van der Waals surface area contributed by atoms with Crippen molar-refractivity contribution >= 4 is 23.2 Å². The molecule has 0 radical (unpaired) electrons. The highest BCUT2D eigenvalue weighted by atomic mass is 16.5. The molecule has 1 spiro atoms. The van der Waals surface area contributed by atoms with Crippen molar-refractivity contribution in [1.29, 1.82) is 0 Å². The molecule has 3 aliphatic heterocycles. The Morgan fingerprint density at radius 2 is 2.12 bits per heavy atom. The summed E-state index contributed by atoms with van der Waals surface area (Å²) in [4.78, 5) is 32.5. The largest absolute Gasteiger partial charge is 0.469 e. The van der Waals surface area contributed by atoms with Crippen LogP contribution >= 0.6 is 0 Å². The molecule has 1 unspecified atom stereocenters. The third-order valence-electron chi connectivity index (χ3n) is 7.03. The van der Waals surface area contributed by atoms with Gasteiger partial charge in [0.05, 0.1) is 24.1 Å². The maximum absolute atomic E-state index is 12.8. The standard InChI is InChI=1S/C20H22N2O3/c1-11(23)13-10-22-8-7-20-14-5-3-4-6-15(14)21-18(20)17(19(24)25-2)12(13)9-16(20)22/h3-6,12-13,16-17H,7-10H2,1-2H3/t12-,13+,16-,17?,20+/m1/s1. The number of piperidine rings is 1. The van der Waals surface area contributed by atoms with Crippen LogP contribution < -0.4 is 0 Å². The Morgan fingerprint density at radius 1 is 1.32 bits per heavy atom. The van der Waals surface area contributed by atoms with Crippen LogP contribution in [-0.2, 0) is 19.7 Å². The van der Waals surface area contributed by atoms with Crippen LogP contribution in [0.3, 0.4) is 0 Å². The molecule has 5 nitrogen and oxygen atoms in total. The predicted molar refractivity (Wildman–Crippen MR) is 93.0 cm³/mol. The molecule has 0 amide bonds. The van der Waals surface area contributed by atoms with E-state index in [1.807, 2.05) is 12.1 Å². The quantitative estimate of drug-likeness (QED) is 0.775. The van der Waals surface area contributed by atoms with Gasteiger partial charge in [-0.05, 0) is 43.9 Å². The second-order valence-corrected chi connectivity index (χ2v) is 7.86. The number of aliphatic imine (C=N–C) groups is 1. The van der Waals surface area contributed by atoms with Gasteiger partial charge in [0.25, 0.3) is 0 Å². The Hall–Kier alpha value is -2.01. The Balaban J connectivity index is 1.73. The van der Waals surface area contributed by atoms with Crippen molar-refractivity contribution in [1.82, 2.24) is 4.90 Å². The number of methoxy groups -OCH3 is 1. The summed E-state index contributed by atoms with van der Waals surface area (Å²) in [5.41, 5.74) is 3.02. The number of rotatable bonds is 2. The van der Waals surface area contributed by atoms with E-state index in [1.165, 1.54) is 12.7 Å². The molecule has 5 atom stereocenters. The van der Waals surface area contributed by atoms with Crippen LogP contribution in [0.1, 0.15) is 25.3 Å². The third-order valence-corrected chi connectivity index (χ3v) is 7.03. The van der Waals surface area contributed by atoms with E-state index in [-0.39, 0.29) is 29.0 Å². The molecule has 130 valence electrons. The second-order valence-electron chi connectivity index (χ2n) is 7.86. The molecule has 2 saturated heterocycles. The molecule has 2 bridgehead atoms. The normalized spacial score (nSPS) is 37.9. The average Bonchev–Trinajstić information content (AvgIpc) is 3.17. The van der Waals surface area contributed by atoms with Gasteiger partial charge in [0, 0.05) is 24.2 Å². The van der Waals surface area contributed by atoms with E-state index in [0.29, 0.717) is 6.04 Å². The van der Waals surface area contributed by atoms with Crippen LogP contribution in [0.4, 0.5) is 5.69 Å². The highest BCUT2D eigenvalue weighted by molar-refractivity contribution is 6.14. The molecule has 4 aliphatic rings. The minimum atomic E-state index is -0.400. The van der Waals surface area contributed by atoms with Crippen molar-refractivity contribution in [2.75, 3.05) is 20.2 Å². The maximum Gasteiger partial charge on any atom is 0.314 e. The van der Waals surface area contributed by atoms with E-state index in [9.17, 15) is 9.59 Å². The zero-order valence-electron chi connectivity index (χ0n) is 14.6. The zero-order chi connectivity index (χ0) is 17.3. The van der Waals surface area contributed by atoms with Gasteiger partial charge in [-0.2, -0.15) is 0 Å². The van der Waals surface area contributed by atoms with Crippen LogP contribution in [0, 0.1) is 17.8 Å². The third kappa shape index (κ3) is 1.74. The van der Waals surface area contributed by atoms with Crippen molar-refractivity contribution in [2.24, 2.45) is 22.7 Å². The van der Waals surface area contributed by atoms with Gasteiger partial charge in [-0.25, -0.2) is 0 Å². The van der Waals surface area contributed by atoms with E-state index in [4.69, 9.17) is 9.73 Å². The number of esters is 1. The lowest BCUT2D eigenvalue weighted by Gasteiger charge is -2.52. The van der Waals surface area contributed by atoms with Gasteiger partial charge >= 0.3 is 5.97 Å². The van der Waals surface area contributed by atoms with Crippen molar-refractivity contribution in [2.45, 2.75) is 31.2 Å². The molecule has 5 heteroatoms. The topological polar surface area (TPSA) is 59.0 Å². The molecule has 1 saturated carbocycles. The molecular weight excluding hydrogens is 316 g/mol. The first-order valence-electron chi connectivity index (χ1n) is 9.09. The molecule has 0 aromatic heterocycles. The number of ether oxygens (including phenoxy) is 1. The summed E-state index contributed by atoms with van der Waals surface area (Å²) in [7, 11) is 1.44. The monoisotopic (exact) mass is 338 g/mol. The van der Waals surface area contributed by atoms with E-state index < -0.39 is 5.92 Å². The number of para-hydroxylation sites is 1. The molecule has 3 heterocycles. The van der Waals surface area contributed by atoms with Gasteiger partial charge in [0.2, 0.25) is 0 Å². The summed E-state index contributed by atoms with van der Waals surface area (Å²) < 4.78 is 5.17. The summed E-state index contributed by atoms with van der Waals surface area (Å²) in [5.74, 6) is -0.565. The van der Waals surface area contributed by atoms with Crippen LogP contribution in [0.2, 0.25) is 0 Å². The van der Waals surface area contributed by atoms with Crippen LogP contribution in [0.15, 0.2) is 29.3 Å². The van der Waals surface area contributed by atoms with Crippen LogP contribution in [0.25, 0.3) is 0 Å². The molecule has 1 aromatic rings. The first-order valence-corrected chi connectivity index (χ1v) is 9.09. The van der Waals surface area contributed by atoms with Gasteiger partial charge in [-0.3, -0.25) is 19.5 Å². The lowest BCUT2D eigenvalue weighted by atomic mass is 9.55. The highest BCUT2D eigenvalue weighted by Crippen LogP contribution is 2.59. The average molecular weight is 338 g/mol. The molecule has 3 fully saturated rings. The van der Waals surface area contributed by atoms with Crippen molar-refractivity contribution in [3.05, 3.63) is 29.8 Å². The van der Waals surface area contributed by atoms with E-state index in [2.05, 4.69) is 17.0 Å². The molecule has 25 heavy (non-hydrogen) atoms. The summed E-state index contributed by atoms with van der Waals surface area (Å²) in [5, 5.41) is 0. The second kappa shape index (κ2) is 5.01. The summed E-state index contributed by atoms with van der Waals surface area (Å²) in [6.07, 6.45) is 1.84. The van der Waals surface area contributed by atoms with Gasteiger partial charge in [0.1, 0.15) is 5.78 Å². The summed E-state index contributed by atoms with van der Waals surface area (Å²) >= 11 is 0. The molecule has 1 aliphatic carbocycles. The number of Topliss-reactive ketones (excluding diaryl/α,β-unsaturated/α-hetero) is 1. The molecular formula is C20H22N2O3. The van der Waals surface area contributed by atoms with Crippen molar-refractivity contribution in [3.63, 3.8) is 0 Å². The minimum absolute atomic E-state index is 0.00508. The van der Waals surface area contributed by atoms with Crippen LogP contribution in [0.5, 0.6) is 0 Å². The molecule has 0 N–H and O–H groups in total. The van der Waals surface area contributed by atoms with Crippen LogP contribution in [-0.4, -0.2) is 48.6 Å². The Morgan fingerprint density at radius 3 is 2.88 bits per heavy atom. The first kappa shape index (κ1) is 15.3. The smallest absolute Gasteiger partial charge is 0.314 e. The number of fused-ring (bicyclic) bond motifs is 2. The lowest BCUT2D eigenvalue weighted by Crippen LogP contribution is -2.63. The van der Waals surface area contributed by atoms with Gasteiger partial charge in [-0.1, -0.05) is 18.2 Å². The number of hydrogen-bond donors (Lipinski definition) is 0. The number of carbonyl (C=O) groups excluding carboxylic acids is 2. The Labute approximate surface area is 147 Å². The van der Waals surface area contributed by atoms with Gasteiger partial charge < -0.3 is 4.74 Å². The van der Waals surface area contributed by atoms with Gasteiger partial charge in [0.15, 0.2) is 0 Å². The Kier molecular flexibility index (Phi) is 3.06. The van der Waals surface area contributed by atoms with E-state index in [0.717, 1.165) is 37.3 Å². The Bertz CT molecular complexity index is 817. The van der Waals surface area contributed by atoms with E-state index in [1.54, 1.807) is 6.92 Å². The zero-order valence-corrected chi connectivity index (χ0v) is 14.6. The predicted octanol–water partition coefficient (Wildman–Crippen LogP) is 2.11. The fraction of sp³-hybridized carbons (Fsp3) is 0.550. The number of nitrogens with zero attached hydrogens (tertiary/aromatic N) is 2.